The van der Waals surface area contributed by atoms with E-state index in [0.717, 1.165) is 6.07 Å². The van der Waals surface area contributed by atoms with Gasteiger partial charge in [-0.25, -0.2) is 0 Å². The van der Waals surface area contributed by atoms with Crippen LogP contribution in [0.4, 0.5) is 5.69 Å². The average molecular weight is 209 g/mol. The predicted octanol–water partition coefficient (Wildman–Crippen LogP) is 0.960. The Morgan fingerprint density at radius 3 is 2.67 bits per heavy atom. The molecule has 2 N–H and O–H groups in total. The molecule has 0 saturated carbocycles. The van der Waals surface area contributed by atoms with Gasteiger partial charge in [0.15, 0.2) is 0 Å². The van der Waals surface area contributed by atoms with Gasteiger partial charge < -0.3 is 5.73 Å². The number of primary amides is 1. The summed E-state index contributed by atoms with van der Waals surface area (Å²) in [7, 11) is 0. The van der Waals surface area contributed by atoms with E-state index in [1.165, 1.54) is 12.1 Å². The third-order valence-corrected chi connectivity index (χ3v) is 1.80. The van der Waals surface area contributed by atoms with Crippen molar-refractivity contribution < 1.29 is 9.72 Å². The SMILES string of the molecule is NC(=O)c1cc([N+](=O)[O-])ccc1CN=O. The lowest BCUT2D eigenvalue weighted by molar-refractivity contribution is -0.384. The summed E-state index contributed by atoms with van der Waals surface area (Å²) < 4.78 is 0. The predicted molar refractivity (Wildman–Crippen MR) is 51.1 cm³/mol. The van der Waals surface area contributed by atoms with Crippen LogP contribution >= 0.6 is 0 Å². The summed E-state index contributed by atoms with van der Waals surface area (Å²) in [5.74, 6) is -0.822. The minimum atomic E-state index is -0.822. The van der Waals surface area contributed by atoms with Gasteiger partial charge in [0, 0.05) is 12.1 Å². The number of amides is 1. The molecular weight excluding hydrogens is 202 g/mol. The van der Waals surface area contributed by atoms with Gasteiger partial charge in [0.1, 0.15) is 6.54 Å². The highest BCUT2D eigenvalue weighted by molar-refractivity contribution is 5.95. The van der Waals surface area contributed by atoms with Crippen LogP contribution in [0.25, 0.3) is 0 Å². The van der Waals surface area contributed by atoms with Crippen LogP contribution in [0.15, 0.2) is 23.4 Å². The summed E-state index contributed by atoms with van der Waals surface area (Å²) in [6, 6.07) is 3.51. The molecule has 0 unspecified atom stereocenters. The summed E-state index contributed by atoms with van der Waals surface area (Å²) in [6.45, 7) is -0.240. The van der Waals surface area contributed by atoms with E-state index in [9.17, 15) is 19.8 Å². The molecule has 0 saturated heterocycles. The van der Waals surface area contributed by atoms with Crippen molar-refractivity contribution in [2.45, 2.75) is 6.54 Å². The van der Waals surface area contributed by atoms with Crippen LogP contribution in [0, 0.1) is 15.0 Å². The number of nitrogens with two attached hydrogens (primary N) is 1. The second kappa shape index (κ2) is 4.27. The molecule has 7 nitrogen and oxygen atoms in total. The first-order chi connectivity index (χ1) is 7.06. The summed E-state index contributed by atoms with van der Waals surface area (Å²) in [5, 5.41) is 13.0. The number of carbonyl (C=O) groups is 1. The maximum absolute atomic E-state index is 10.9. The van der Waals surface area contributed by atoms with Crippen molar-refractivity contribution in [3.8, 4) is 0 Å². The van der Waals surface area contributed by atoms with E-state index in [1.807, 2.05) is 0 Å². The van der Waals surface area contributed by atoms with E-state index in [2.05, 4.69) is 5.18 Å². The normalized spacial score (nSPS) is 9.60. The zero-order valence-electron chi connectivity index (χ0n) is 7.54. The highest BCUT2D eigenvalue weighted by atomic mass is 16.6. The van der Waals surface area contributed by atoms with E-state index in [1.54, 1.807) is 0 Å². The number of nitro benzene ring substituents is 1. The van der Waals surface area contributed by atoms with Crippen LogP contribution < -0.4 is 5.73 Å². The van der Waals surface area contributed by atoms with Crippen molar-refractivity contribution >= 4 is 11.6 Å². The van der Waals surface area contributed by atoms with Crippen LogP contribution in [0.3, 0.4) is 0 Å². The molecule has 1 amide bonds. The number of hydrogen-bond donors (Lipinski definition) is 1. The lowest BCUT2D eigenvalue weighted by Crippen LogP contribution is -2.14. The van der Waals surface area contributed by atoms with Gasteiger partial charge in [0.2, 0.25) is 5.91 Å². The number of nitro groups is 1. The third kappa shape index (κ3) is 2.33. The second-order valence-electron chi connectivity index (χ2n) is 2.75. The molecule has 78 valence electrons. The molecule has 15 heavy (non-hydrogen) atoms. The van der Waals surface area contributed by atoms with Crippen molar-refractivity contribution in [3.63, 3.8) is 0 Å². The van der Waals surface area contributed by atoms with E-state index < -0.39 is 10.8 Å². The maximum atomic E-state index is 10.9. The molecular formula is C8H7N3O4. The number of hydrogen-bond acceptors (Lipinski definition) is 5. The Balaban J connectivity index is 3.26. The molecule has 7 heteroatoms. The van der Waals surface area contributed by atoms with Gasteiger partial charge in [-0.05, 0) is 11.6 Å². The van der Waals surface area contributed by atoms with Crippen LogP contribution in [0.5, 0.6) is 0 Å². The van der Waals surface area contributed by atoms with Crippen LogP contribution in [0.2, 0.25) is 0 Å². The fraction of sp³-hybridized carbons (Fsp3) is 0.125. The Kier molecular flexibility index (Phi) is 3.06. The number of rotatable bonds is 4. The summed E-state index contributed by atoms with van der Waals surface area (Å²) in [5.41, 5.74) is 4.99. The summed E-state index contributed by atoms with van der Waals surface area (Å²) in [4.78, 5) is 30.7. The number of nitrogens with zero attached hydrogens (tertiary/aromatic N) is 2. The van der Waals surface area contributed by atoms with E-state index >= 15 is 0 Å². The summed E-state index contributed by atoms with van der Waals surface area (Å²) >= 11 is 0. The van der Waals surface area contributed by atoms with Gasteiger partial charge in [-0.3, -0.25) is 14.9 Å². The van der Waals surface area contributed by atoms with E-state index in [-0.39, 0.29) is 23.4 Å². The molecule has 1 aromatic rings. The van der Waals surface area contributed by atoms with Gasteiger partial charge in [-0.1, -0.05) is 5.18 Å². The minimum absolute atomic E-state index is 0.0520. The molecule has 0 radical (unpaired) electrons. The fourth-order valence-electron chi connectivity index (χ4n) is 1.11. The summed E-state index contributed by atoms with van der Waals surface area (Å²) in [6.07, 6.45) is 0. The second-order valence-corrected chi connectivity index (χ2v) is 2.75. The third-order valence-electron chi connectivity index (χ3n) is 1.80. The molecule has 1 aromatic carbocycles. The molecule has 0 aliphatic heterocycles. The topological polar surface area (TPSA) is 116 Å². The van der Waals surface area contributed by atoms with Crippen molar-refractivity contribution in [2.24, 2.45) is 10.9 Å². The van der Waals surface area contributed by atoms with Crippen molar-refractivity contribution in [1.82, 2.24) is 0 Å². The van der Waals surface area contributed by atoms with E-state index in [4.69, 9.17) is 5.73 Å². The van der Waals surface area contributed by atoms with Crippen molar-refractivity contribution in [2.75, 3.05) is 0 Å². The van der Waals surface area contributed by atoms with Crippen molar-refractivity contribution in [3.05, 3.63) is 44.3 Å². The molecule has 1 rings (SSSR count). The molecule has 0 aliphatic rings. The lowest BCUT2D eigenvalue weighted by atomic mass is 10.1. The fourth-order valence-corrected chi connectivity index (χ4v) is 1.11. The Morgan fingerprint density at radius 2 is 2.20 bits per heavy atom. The molecule has 0 spiro atoms. The van der Waals surface area contributed by atoms with Crippen LogP contribution in [0.1, 0.15) is 15.9 Å². The van der Waals surface area contributed by atoms with Gasteiger partial charge in [-0.15, -0.1) is 0 Å². The number of nitroso groups, excluding NO2 is 1. The first kappa shape index (κ1) is 10.8. The Hall–Kier alpha value is -2.31. The standard InChI is InChI=1S/C8H7N3O4/c9-8(12)7-3-6(11(14)15)2-1-5(7)4-10-13/h1-3H,4H2,(H2,9,12). The molecule has 0 fully saturated rings. The number of carbonyl (C=O) groups excluding carboxylic acids is 1. The Labute approximate surface area is 84.0 Å². The monoisotopic (exact) mass is 209 g/mol. The molecule has 0 atom stereocenters. The zero-order chi connectivity index (χ0) is 11.4. The number of benzene rings is 1. The molecule has 0 bridgehead atoms. The van der Waals surface area contributed by atoms with Gasteiger partial charge in [-0.2, -0.15) is 4.91 Å². The largest absolute Gasteiger partial charge is 0.366 e. The smallest absolute Gasteiger partial charge is 0.270 e. The number of non-ortho nitro benzene ring substituents is 1. The van der Waals surface area contributed by atoms with Crippen LogP contribution in [-0.2, 0) is 6.54 Å². The minimum Gasteiger partial charge on any atom is -0.366 e. The lowest BCUT2D eigenvalue weighted by Gasteiger charge is -2.01. The maximum Gasteiger partial charge on any atom is 0.270 e. The quantitative estimate of drug-likeness (QED) is 0.451. The highest BCUT2D eigenvalue weighted by Gasteiger charge is 2.14. The zero-order valence-corrected chi connectivity index (χ0v) is 7.54. The average Bonchev–Trinajstić information content (AvgIpc) is 2.18. The van der Waals surface area contributed by atoms with Gasteiger partial charge in [0.05, 0.1) is 10.5 Å². The van der Waals surface area contributed by atoms with E-state index in [0.29, 0.717) is 0 Å². The van der Waals surface area contributed by atoms with Gasteiger partial charge in [0.25, 0.3) is 5.69 Å². The Morgan fingerprint density at radius 1 is 1.53 bits per heavy atom. The van der Waals surface area contributed by atoms with Crippen LogP contribution in [-0.4, -0.2) is 10.8 Å². The van der Waals surface area contributed by atoms with Crippen molar-refractivity contribution in [1.29, 1.82) is 0 Å². The molecule has 0 aliphatic carbocycles. The first-order valence-electron chi connectivity index (χ1n) is 3.92. The highest BCUT2D eigenvalue weighted by Crippen LogP contribution is 2.18. The Bertz CT molecular complexity index is 430. The molecule has 0 aromatic heterocycles. The van der Waals surface area contributed by atoms with Gasteiger partial charge >= 0.3 is 0 Å². The molecule has 0 heterocycles. The first-order valence-corrected chi connectivity index (χ1v) is 3.92.